The third kappa shape index (κ3) is 3.95. The van der Waals surface area contributed by atoms with Gasteiger partial charge in [-0.05, 0) is 37.3 Å². The van der Waals surface area contributed by atoms with Crippen LogP contribution in [0.5, 0.6) is 5.75 Å². The molecule has 23 heavy (non-hydrogen) atoms. The van der Waals surface area contributed by atoms with E-state index >= 15 is 0 Å². The van der Waals surface area contributed by atoms with E-state index in [1.165, 1.54) is 0 Å². The molecule has 1 atom stereocenters. The summed E-state index contributed by atoms with van der Waals surface area (Å²) >= 11 is 3.40. The number of rotatable bonds is 4. The highest BCUT2D eigenvalue weighted by molar-refractivity contribution is 9.10. The summed E-state index contributed by atoms with van der Waals surface area (Å²) in [4.78, 5) is 14.3. The average molecular weight is 379 g/mol. The second-order valence-electron chi connectivity index (χ2n) is 5.56. The average Bonchev–Trinajstić information content (AvgIpc) is 3.02. The monoisotopic (exact) mass is 378 g/mol. The van der Waals surface area contributed by atoms with Gasteiger partial charge in [-0.2, -0.15) is 0 Å². The van der Waals surface area contributed by atoms with Crippen molar-refractivity contribution < 1.29 is 13.9 Å². The van der Waals surface area contributed by atoms with E-state index in [-0.39, 0.29) is 11.9 Å². The molecule has 1 N–H and O–H groups in total. The lowest BCUT2D eigenvalue weighted by Gasteiger charge is -2.33. The third-order valence-electron chi connectivity index (χ3n) is 3.81. The number of nitrogens with one attached hydrogen (secondary N) is 1. The molecule has 0 radical (unpaired) electrons. The molecule has 0 bridgehead atoms. The second kappa shape index (κ2) is 7.19. The van der Waals surface area contributed by atoms with Crippen LogP contribution >= 0.6 is 15.9 Å². The maximum absolute atomic E-state index is 12.5. The van der Waals surface area contributed by atoms with E-state index < -0.39 is 0 Å². The topological polar surface area (TPSA) is 54.7 Å². The van der Waals surface area contributed by atoms with Crippen LogP contribution in [0, 0.1) is 0 Å². The minimum absolute atomic E-state index is 0.0623. The van der Waals surface area contributed by atoms with Gasteiger partial charge >= 0.3 is 0 Å². The van der Waals surface area contributed by atoms with Crippen molar-refractivity contribution in [2.75, 3.05) is 19.6 Å². The first-order valence-electron chi connectivity index (χ1n) is 7.62. The number of ether oxygens (including phenoxy) is 1. The van der Waals surface area contributed by atoms with Gasteiger partial charge in [-0.3, -0.25) is 4.79 Å². The third-order valence-corrected chi connectivity index (χ3v) is 4.31. The zero-order valence-electron chi connectivity index (χ0n) is 12.9. The van der Waals surface area contributed by atoms with E-state index in [4.69, 9.17) is 9.15 Å². The van der Waals surface area contributed by atoms with Crippen LogP contribution in [0.25, 0.3) is 0 Å². The maximum atomic E-state index is 12.5. The van der Waals surface area contributed by atoms with Gasteiger partial charge in [0.25, 0.3) is 5.91 Å². The molecular weight excluding hydrogens is 360 g/mol. The molecule has 1 aliphatic heterocycles. The highest BCUT2D eigenvalue weighted by atomic mass is 79.9. The summed E-state index contributed by atoms with van der Waals surface area (Å²) in [6, 6.07) is 11.3. The largest absolute Gasteiger partial charge is 0.486 e. The standard InChI is InChI=1S/C17H19BrN2O3/c1-12-10-19-7-8-20(12)17(21)16-6-5-15(23-16)11-22-14-4-2-3-13(18)9-14/h2-6,9,12,19H,7-8,10-11H2,1H3/t12-/m0/s1. The van der Waals surface area contributed by atoms with E-state index in [1.807, 2.05) is 36.1 Å². The molecule has 1 aliphatic rings. The fraction of sp³-hybridized carbons (Fsp3) is 0.353. The fourth-order valence-electron chi connectivity index (χ4n) is 2.57. The number of amides is 1. The predicted octanol–water partition coefficient (Wildman–Crippen LogP) is 3.06. The van der Waals surface area contributed by atoms with Crippen LogP contribution in [0.2, 0.25) is 0 Å². The summed E-state index contributed by atoms with van der Waals surface area (Å²) in [6.07, 6.45) is 0. The summed E-state index contributed by atoms with van der Waals surface area (Å²) in [5.41, 5.74) is 0. The van der Waals surface area contributed by atoms with Gasteiger partial charge in [-0.25, -0.2) is 0 Å². The highest BCUT2D eigenvalue weighted by Crippen LogP contribution is 2.20. The Morgan fingerprint density at radius 2 is 2.30 bits per heavy atom. The lowest BCUT2D eigenvalue weighted by atomic mass is 10.2. The van der Waals surface area contributed by atoms with E-state index in [0.29, 0.717) is 24.7 Å². The summed E-state index contributed by atoms with van der Waals surface area (Å²) < 4.78 is 12.3. The molecule has 2 aromatic rings. The summed E-state index contributed by atoms with van der Waals surface area (Å²) in [5.74, 6) is 1.69. The van der Waals surface area contributed by atoms with Crippen molar-refractivity contribution in [2.24, 2.45) is 0 Å². The minimum Gasteiger partial charge on any atom is -0.486 e. The van der Waals surface area contributed by atoms with Crippen LogP contribution in [0.15, 0.2) is 45.3 Å². The molecule has 0 spiro atoms. The first-order chi connectivity index (χ1) is 11.1. The SMILES string of the molecule is C[C@H]1CNCCN1C(=O)c1ccc(COc2cccc(Br)c2)o1. The van der Waals surface area contributed by atoms with Gasteiger partial charge < -0.3 is 19.4 Å². The first-order valence-corrected chi connectivity index (χ1v) is 8.41. The van der Waals surface area contributed by atoms with Gasteiger partial charge in [0, 0.05) is 30.1 Å². The summed E-state index contributed by atoms with van der Waals surface area (Å²) in [5, 5.41) is 3.27. The first kappa shape index (κ1) is 16.1. The number of nitrogens with zero attached hydrogens (tertiary/aromatic N) is 1. The zero-order valence-corrected chi connectivity index (χ0v) is 14.5. The van der Waals surface area contributed by atoms with Crippen LogP contribution in [0.1, 0.15) is 23.2 Å². The quantitative estimate of drug-likeness (QED) is 0.887. The number of piperazine rings is 1. The van der Waals surface area contributed by atoms with Gasteiger partial charge in [0.2, 0.25) is 0 Å². The molecule has 1 saturated heterocycles. The maximum Gasteiger partial charge on any atom is 0.289 e. The van der Waals surface area contributed by atoms with Crippen molar-refractivity contribution in [3.63, 3.8) is 0 Å². The number of benzene rings is 1. The van der Waals surface area contributed by atoms with Crippen molar-refractivity contribution in [2.45, 2.75) is 19.6 Å². The normalized spacial score (nSPS) is 18.0. The molecule has 1 amide bonds. The molecule has 5 nitrogen and oxygen atoms in total. The molecular formula is C17H19BrN2O3. The zero-order chi connectivity index (χ0) is 16.2. The number of furan rings is 1. The van der Waals surface area contributed by atoms with Crippen LogP contribution in [-0.4, -0.2) is 36.5 Å². The molecule has 2 heterocycles. The molecule has 0 unspecified atom stereocenters. The van der Waals surface area contributed by atoms with Crippen LogP contribution in [0.4, 0.5) is 0 Å². The Balaban J connectivity index is 1.62. The number of halogens is 1. The van der Waals surface area contributed by atoms with E-state index in [1.54, 1.807) is 12.1 Å². The number of carbonyl (C=O) groups is 1. The Kier molecular flexibility index (Phi) is 5.03. The van der Waals surface area contributed by atoms with Gasteiger partial charge in [0.05, 0.1) is 0 Å². The van der Waals surface area contributed by atoms with Crippen LogP contribution in [0.3, 0.4) is 0 Å². The van der Waals surface area contributed by atoms with Crippen molar-refractivity contribution >= 4 is 21.8 Å². The van der Waals surface area contributed by atoms with Gasteiger partial charge in [0.15, 0.2) is 5.76 Å². The Bertz CT molecular complexity index is 686. The Labute approximate surface area is 143 Å². The van der Waals surface area contributed by atoms with Crippen molar-refractivity contribution in [1.29, 1.82) is 0 Å². The molecule has 1 aromatic carbocycles. The summed E-state index contributed by atoms with van der Waals surface area (Å²) in [6.45, 7) is 4.65. The van der Waals surface area contributed by atoms with E-state index in [2.05, 4.69) is 21.2 Å². The van der Waals surface area contributed by atoms with Crippen LogP contribution in [-0.2, 0) is 6.61 Å². The summed E-state index contributed by atoms with van der Waals surface area (Å²) in [7, 11) is 0. The van der Waals surface area contributed by atoms with Gasteiger partial charge in [-0.15, -0.1) is 0 Å². The number of hydrogen-bond acceptors (Lipinski definition) is 4. The number of carbonyl (C=O) groups excluding carboxylic acids is 1. The highest BCUT2D eigenvalue weighted by Gasteiger charge is 2.26. The predicted molar refractivity (Wildman–Crippen MR) is 90.6 cm³/mol. The fourth-order valence-corrected chi connectivity index (χ4v) is 2.94. The van der Waals surface area contributed by atoms with E-state index in [0.717, 1.165) is 23.3 Å². The van der Waals surface area contributed by atoms with Gasteiger partial charge in [0.1, 0.15) is 18.1 Å². The lowest BCUT2D eigenvalue weighted by molar-refractivity contribution is 0.0619. The Morgan fingerprint density at radius 3 is 3.09 bits per heavy atom. The lowest BCUT2D eigenvalue weighted by Crippen LogP contribution is -2.52. The van der Waals surface area contributed by atoms with Crippen molar-refractivity contribution in [3.8, 4) is 5.75 Å². The Hall–Kier alpha value is -1.79. The molecule has 6 heteroatoms. The molecule has 0 aliphatic carbocycles. The second-order valence-corrected chi connectivity index (χ2v) is 6.48. The van der Waals surface area contributed by atoms with E-state index in [9.17, 15) is 4.79 Å². The Morgan fingerprint density at radius 1 is 1.43 bits per heavy atom. The molecule has 1 fully saturated rings. The molecule has 0 saturated carbocycles. The van der Waals surface area contributed by atoms with Gasteiger partial charge in [-0.1, -0.05) is 22.0 Å². The molecule has 3 rings (SSSR count). The smallest absolute Gasteiger partial charge is 0.289 e. The minimum atomic E-state index is -0.0623. The molecule has 1 aromatic heterocycles. The van der Waals surface area contributed by atoms with Crippen molar-refractivity contribution in [1.82, 2.24) is 10.2 Å². The molecule has 122 valence electrons. The van der Waals surface area contributed by atoms with Crippen LogP contribution < -0.4 is 10.1 Å². The van der Waals surface area contributed by atoms with Crippen molar-refractivity contribution in [3.05, 3.63) is 52.4 Å². The number of hydrogen-bond donors (Lipinski definition) is 1.